The molecule has 0 aliphatic carbocycles. The van der Waals surface area contributed by atoms with Gasteiger partial charge in [0.25, 0.3) is 0 Å². The highest BCUT2D eigenvalue weighted by atomic mass is 35.5. The van der Waals surface area contributed by atoms with Gasteiger partial charge in [-0.3, -0.25) is 0 Å². The van der Waals surface area contributed by atoms with Gasteiger partial charge in [0, 0.05) is 7.11 Å². The molecule has 0 atom stereocenters. The van der Waals surface area contributed by atoms with E-state index in [1.165, 1.54) is 0 Å². The van der Waals surface area contributed by atoms with Crippen LogP contribution < -0.4 is 10.1 Å². The van der Waals surface area contributed by atoms with Gasteiger partial charge in [0.15, 0.2) is 0 Å². The average molecular weight is 236 g/mol. The third kappa shape index (κ3) is 2.44. The summed E-state index contributed by atoms with van der Waals surface area (Å²) in [4.78, 5) is 0. The van der Waals surface area contributed by atoms with E-state index in [1.807, 2.05) is 0 Å². The lowest BCUT2D eigenvalue weighted by Crippen LogP contribution is -2.03. The summed E-state index contributed by atoms with van der Waals surface area (Å²) in [6.45, 7) is 0.377. The summed E-state index contributed by atoms with van der Waals surface area (Å²) in [6.07, 6.45) is 0. The van der Waals surface area contributed by atoms with Crippen LogP contribution in [0.4, 0.5) is 5.69 Å². The van der Waals surface area contributed by atoms with E-state index in [0.29, 0.717) is 22.5 Å². The molecule has 14 heavy (non-hydrogen) atoms. The van der Waals surface area contributed by atoms with Crippen LogP contribution in [0.2, 0.25) is 10.0 Å². The van der Waals surface area contributed by atoms with Crippen LogP contribution in [0.1, 0.15) is 0 Å². The van der Waals surface area contributed by atoms with Gasteiger partial charge >= 0.3 is 0 Å². The smallest absolute Gasteiger partial charge is 0.139 e. The predicted octanol–water partition coefficient (Wildman–Crippen LogP) is 3.02. The van der Waals surface area contributed by atoms with Gasteiger partial charge in [0.1, 0.15) is 17.5 Å². The van der Waals surface area contributed by atoms with Gasteiger partial charge < -0.3 is 14.8 Å². The maximum atomic E-state index is 5.98. The van der Waals surface area contributed by atoms with E-state index in [1.54, 1.807) is 26.4 Å². The molecule has 0 saturated heterocycles. The molecule has 1 aromatic carbocycles. The summed E-state index contributed by atoms with van der Waals surface area (Å²) in [6, 6.07) is 3.53. The molecule has 0 spiro atoms. The summed E-state index contributed by atoms with van der Waals surface area (Å²) in [5.74, 6) is 0.555. The first-order valence-electron chi connectivity index (χ1n) is 3.95. The fraction of sp³-hybridized carbons (Fsp3) is 0.333. The Hall–Kier alpha value is -0.640. The van der Waals surface area contributed by atoms with E-state index in [4.69, 9.17) is 32.7 Å². The number of hydrogen-bond acceptors (Lipinski definition) is 3. The molecule has 3 nitrogen and oxygen atoms in total. The van der Waals surface area contributed by atoms with Crippen LogP contribution in [-0.2, 0) is 4.74 Å². The van der Waals surface area contributed by atoms with E-state index in [-0.39, 0.29) is 0 Å². The molecular formula is C9H11Cl2NO2. The van der Waals surface area contributed by atoms with Gasteiger partial charge in [-0.05, 0) is 12.1 Å². The number of methoxy groups -OCH3 is 2. The number of anilines is 1. The summed E-state index contributed by atoms with van der Waals surface area (Å²) in [7, 11) is 3.13. The Balaban J connectivity index is 2.92. The van der Waals surface area contributed by atoms with Crippen molar-refractivity contribution in [1.82, 2.24) is 0 Å². The molecule has 1 N–H and O–H groups in total. The second kappa shape index (κ2) is 5.29. The van der Waals surface area contributed by atoms with Crippen LogP contribution in [0, 0.1) is 0 Å². The largest absolute Gasteiger partial charge is 0.495 e. The zero-order valence-electron chi connectivity index (χ0n) is 7.93. The van der Waals surface area contributed by atoms with Gasteiger partial charge in [-0.25, -0.2) is 0 Å². The molecule has 0 saturated carbocycles. The summed E-state index contributed by atoms with van der Waals surface area (Å²) in [5, 5.41) is 3.79. The minimum Gasteiger partial charge on any atom is -0.495 e. The van der Waals surface area contributed by atoms with Crippen molar-refractivity contribution in [1.29, 1.82) is 0 Å². The molecule has 0 aliphatic heterocycles. The van der Waals surface area contributed by atoms with E-state index in [0.717, 1.165) is 5.69 Å². The van der Waals surface area contributed by atoms with Crippen molar-refractivity contribution < 1.29 is 9.47 Å². The Morgan fingerprint density at radius 2 is 1.93 bits per heavy atom. The number of rotatable bonds is 4. The average Bonchev–Trinajstić information content (AvgIpc) is 2.20. The van der Waals surface area contributed by atoms with Crippen LogP contribution in [0.5, 0.6) is 5.75 Å². The number of ether oxygens (including phenoxy) is 2. The van der Waals surface area contributed by atoms with Crippen LogP contribution in [-0.4, -0.2) is 21.0 Å². The quantitative estimate of drug-likeness (QED) is 0.815. The molecule has 0 radical (unpaired) electrons. The first kappa shape index (κ1) is 11.4. The van der Waals surface area contributed by atoms with Crippen molar-refractivity contribution in [2.24, 2.45) is 0 Å². The van der Waals surface area contributed by atoms with E-state index in [9.17, 15) is 0 Å². The van der Waals surface area contributed by atoms with E-state index >= 15 is 0 Å². The molecule has 78 valence electrons. The van der Waals surface area contributed by atoms with Crippen molar-refractivity contribution in [3.05, 3.63) is 22.2 Å². The molecule has 0 fully saturated rings. The van der Waals surface area contributed by atoms with Crippen molar-refractivity contribution in [3.8, 4) is 5.75 Å². The summed E-state index contributed by atoms with van der Waals surface area (Å²) < 4.78 is 9.86. The van der Waals surface area contributed by atoms with Crippen LogP contribution in [0.25, 0.3) is 0 Å². The van der Waals surface area contributed by atoms with Crippen molar-refractivity contribution in [3.63, 3.8) is 0 Å². The fourth-order valence-corrected chi connectivity index (χ4v) is 1.44. The first-order valence-corrected chi connectivity index (χ1v) is 4.71. The van der Waals surface area contributed by atoms with Gasteiger partial charge in [-0.1, -0.05) is 23.2 Å². The highest BCUT2D eigenvalue weighted by Crippen LogP contribution is 2.37. The summed E-state index contributed by atoms with van der Waals surface area (Å²) >= 11 is 11.9. The number of halogens is 2. The zero-order valence-corrected chi connectivity index (χ0v) is 9.45. The molecule has 1 aromatic rings. The van der Waals surface area contributed by atoms with Gasteiger partial charge in [0.2, 0.25) is 0 Å². The van der Waals surface area contributed by atoms with Gasteiger partial charge in [0.05, 0.1) is 17.8 Å². The first-order chi connectivity index (χ1) is 6.70. The van der Waals surface area contributed by atoms with Gasteiger partial charge in [-0.15, -0.1) is 0 Å². The second-order valence-electron chi connectivity index (χ2n) is 2.55. The molecule has 5 heteroatoms. The maximum absolute atomic E-state index is 5.98. The highest BCUT2D eigenvalue weighted by molar-refractivity contribution is 6.44. The molecule has 0 aromatic heterocycles. The van der Waals surface area contributed by atoms with Crippen LogP contribution in [0.3, 0.4) is 0 Å². The SMILES string of the molecule is COCNc1ccc(OC)c(Cl)c1Cl. The van der Waals surface area contributed by atoms with Crippen LogP contribution >= 0.6 is 23.2 Å². The predicted molar refractivity (Wildman–Crippen MR) is 58.5 cm³/mol. The Bertz CT molecular complexity index is 318. The van der Waals surface area contributed by atoms with E-state index in [2.05, 4.69) is 5.32 Å². The lowest BCUT2D eigenvalue weighted by atomic mass is 10.3. The lowest BCUT2D eigenvalue weighted by Gasteiger charge is -2.10. The number of hydrogen-bond donors (Lipinski definition) is 1. The number of benzene rings is 1. The Kier molecular flexibility index (Phi) is 4.32. The highest BCUT2D eigenvalue weighted by Gasteiger charge is 2.09. The van der Waals surface area contributed by atoms with Crippen molar-refractivity contribution >= 4 is 28.9 Å². The van der Waals surface area contributed by atoms with Crippen molar-refractivity contribution in [2.75, 3.05) is 26.3 Å². The fourth-order valence-electron chi connectivity index (χ4n) is 0.976. The zero-order chi connectivity index (χ0) is 10.6. The van der Waals surface area contributed by atoms with E-state index < -0.39 is 0 Å². The normalized spacial score (nSPS) is 10.0. The lowest BCUT2D eigenvalue weighted by molar-refractivity contribution is 0.221. The molecular weight excluding hydrogens is 225 g/mol. The molecule has 0 heterocycles. The van der Waals surface area contributed by atoms with Crippen molar-refractivity contribution in [2.45, 2.75) is 0 Å². The van der Waals surface area contributed by atoms with Gasteiger partial charge in [-0.2, -0.15) is 0 Å². The molecule has 0 amide bonds. The summed E-state index contributed by atoms with van der Waals surface area (Å²) in [5.41, 5.74) is 0.722. The minimum atomic E-state index is 0.377. The maximum Gasteiger partial charge on any atom is 0.139 e. The molecule has 0 bridgehead atoms. The Morgan fingerprint density at radius 3 is 2.50 bits per heavy atom. The molecule has 0 aliphatic rings. The monoisotopic (exact) mass is 235 g/mol. The Morgan fingerprint density at radius 1 is 1.21 bits per heavy atom. The topological polar surface area (TPSA) is 30.5 Å². The molecule has 1 rings (SSSR count). The Labute approximate surface area is 92.9 Å². The standard InChI is InChI=1S/C9H11Cl2NO2/c1-13-5-12-6-3-4-7(14-2)9(11)8(6)10/h3-4,12H,5H2,1-2H3. The second-order valence-corrected chi connectivity index (χ2v) is 3.31. The third-order valence-electron chi connectivity index (χ3n) is 1.67. The van der Waals surface area contributed by atoms with Crippen LogP contribution in [0.15, 0.2) is 12.1 Å². The number of nitrogens with one attached hydrogen (secondary N) is 1. The third-order valence-corrected chi connectivity index (χ3v) is 2.54. The molecule has 0 unspecified atom stereocenters. The minimum absolute atomic E-state index is 0.377.